The van der Waals surface area contributed by atoms with Gasteiger partial charge in [0.15, 0.2) is 11.0 Å². The Bertz CT molecular complexity index is 1300. The average molecular weight is 544 g/mol. The van der Waals surface area contributed by atoms with Gasteiger partial charge in [-0.05, 0) is 31.5 Å². The summed E-state index contributed by atoms with van der Waals surface area (Å²) in [5.74, 6) is 0.0525. The van der Waals surface area contributed by atoms with Crippen molar-refractivity contribution in [1.82, 2.24) is 19.7 Å². The molecule has 1 aromatic carbocycles. The quantitative estimate of drug-likeness (QED) is 0.220. The molecule has 0 spiro atoms. The highest BCUT2D eigenvalue weighted by molar-refractivity contribution is 7.99. The lowest BCUT2D eigenvalue weighted by Gasteiger charge is -2.09. The summed E-state index contributed by atoms with van der Waals surface area (Å²) in [7, 11) is 4.49. The molecule has 12 heteroatoms. The minimum absolute atomic E-state index is 0.00260. The Balaban J connectivity index is 1.71. The van der Waals surface area contributed by atoms with Gasteiger partial charge in [0.2, 0.25) is 5.91 Å². The molecule has 0 aliphatic carbocycles. The summed E-state index contributed by atoms with van der Waals surface area (Å²) >= 11 is 2.23. The summed E-state index contributed by atoms with van der Waals surface area (Å²) in [4.78, 5) is 39.5. The van der Waals surface area contributed by atoms with E-state index in [1.54, 1.807) is 27.1 Å². The van der Waals surface area contributed by atoms with E-state index in [1.165, 1.54) is 23.8 Å². The van der Waals surface area contributed by atoms with Gasteiger partial charge in [-0.25, -0.2) is 4.79 Å². The van der Waals surface area contributed by atoms with Gasteiger partial charge in [0.05, 0.1) is 23.3 Å². The Morgan fingerprint density at radius 3 is 2.51 bits per heavy atom. The molecule has 196 valence electrons. The van der Waals surface area contributed by atoms with Crippen LogP contribution in [0.2, 0.25) is 0 Å². The maximum atomic E-state index is 12.8. The Kier molecular flexibility index (Phi) is 9.48. The number of hydrogen-bond acceptors (Lipinski definition) is 9. The van der Waals surface area contributed by atoms with Crippen molar-refractivity contribution in [2.45, 2.75) is 32.2 Å². The van der Waals surface area contributed by atoms with Crippen LogP contribution in [0.3, 0.4) is 0 Å². The number of carbonyl (C=O) groups is 3. The summed E-state index contributed by atoms with van der Waals surface area (Å²) < 4.78 is 12.5. The first kappa shape index (κ1) is 27.9. The zero-order valence-electron chi connectivity index (χ0n) is 21.4. The number of ether oxygens (including phenoxy) is 2. The van der Waals surface area contributed by atoms with Gasteiger partial charge in [0.1, 0.15) is 17.4 Å². The molecule has 10 nitrogen and oxygen atoms in total. The third-order valence-corrected chi connectivity index (χ3v) is 7.38. The maximum Gasteiger partial charge on any atom is 0.341 e. The lowest BCUT2D eigenvalue weighted by atomic mass is 10.1. The monoisotopic (exact) mass is 543 g/mol. The lowest BCUT2D eigenvalue weighted by molar-refractivity contribution is -0.113. The van der Waals surface area contributed by atoms with Crippen LogP contribution in [0.4, 0.5) is 5.00 Å². The number of methoxy groups -OCH3 is 1. The largest absolute Gasteiger partial charge is 0.486 e. The Labute approximate surface area is 223 Å². The summed E-state index contributed by atoms with van der Waals surface area (Å²) in [6, 6.07) is 7.69. The second kappa shape index (κ2) is 12.5. The molecule has 37 heavy (non-hydrogen) atoms. The highest BCUT2D eigenvalue weighted by Crippen LogP contribution is 2.34. The van der Waals surface area contributed by atoms with Crippen LogP contribution in [0, 0.1) is 13.8 Å². The number of hydrogen-bond donors (Lipinski definition) is 1. The Morgan fingerprint density at radius 1 is 1.19 bits per heavy atom. The maximum absolute atomic E-state index is 12.8. The van der Waals surface area contributed by atoms with E-state index in [9.17, 15) is 14.4 Å². The molecular weight excluding hydrogens is 514 g/mol. The molecule has 1 N–H and O–H groups in total. The molecule has 2 heterocycles. The van der Waals surface area contributed by atoms with E-state index in [4.69, 9.17) is 9.47 Å². The highest BCUT2D eigenvalue weighted by Gasteiger charge is 2.27. The molecule has 0 radical (unpaired) electrons. The predicted octanol–water partition coefficient (Wildman–Crippen LogP) is 3.94. The number of allylic oxidation sites excluding steroid dienone is 1. The molecule has 0 aliphatic heterocycles. The van der Waals surface area contributed by atoms with Crippen LogP contribution in [0.1, 0.15) is 37.0 Å². The normalized spacial score (nSPS) is 10.6. The number of nitrogens with one attached hydrogen (secondary N) is 1. The van der Waals surface area contributed by atoms with Gasteiger partial charge in [0, 0.05) is 20.6 Å². The van der Waals surface area contributed by atoms with Gasteiger partial charge in [-0.15, -0.1) is 28.1 Å². The number of thioether (sulfide) groups is 1. The van der Waals surface area contributed by atoms with Crippen molar-refractivity contribution >= 4 is 45.9 Å². The molecule has 0 saturated heterocycles. The number of aromatic nitrogens is 3. The number of esters is 1. The molecule has 3 rings (SSSR count). The number of amides is 2. The van der Waals surface area contributed by atoms with Gasteiger partial charge in [0.25, 0.3) is 5.91 Å². The minimum atomic E-state index is -0.626. The van der Waals surface area contributed by atoms with E-state index in [2.05, 4.69) is 22.1 Å². The van der Waals surface area contributed by atoms with E-state index in [0.717, 1.165) is 16.9 Å². The summed E-state index contributed by atoms with van der Waals surface area (Å²) in [6.45, 7) is 8.09. The van der Waals surface area contributed by atoms with Gasteiger partial charge < -0.3 is 19.7 Å². The SMILES string of the molecule is C=CCn1c(COc2ccc(C)cc2)nnc1SCC(=O)Nc1sc(C(=O)N(C)C)c(C)c1C(=O)OC. The van der Waals surface area contributed by atoms with Crippen LogP contribution < -0.4 is 10.1 Å². The first-order valence-electron chi connectivity index (χ1n) is 11.2. The standard InChI is InChI=1S/C25H29N5O5S2/c1-7-12-30-18(13-35-17-10-8-15(2)9-11-17)27-28-25(30)36-14-19(31)26-22-20(24(33)34-6)16(3)21(37-22)23(32)29(4)5/h7-11H,1,12-14H2,2-6H3,(H,26,31). The number of aryl methyl sites for hydroxylation is 1. The van der Waals surface area contributed by atoms with Crippen molar-refractivity contribution in [2.24, 2.45) is 0 Å². The van der Waals surface area contributed by atoms with E-state index in [-0.39, 0.29) is 34.7 Å². The van der Waals surface area contributed by atoms with E-state index in [1.807, 2.05) is 35.8 Å². The molecule has 3 aromatic rings. The Hall–Kier alpha value is -3.64. The van der Waals surface area contributed by atoms with Crippen molar-refractivity contribution < 1.29 is 23.9 Å². The molecule has 0 aliphatic rings. The molecule has 0 atom stereocenters. The van der Waals surface area contributed by atoms with E-state index >= 15 is 0 Å². The fourth-order valence-electron chi connectivity index (χ4n) is 3.28. The van der Waals surface area contributed by atoms with Gasteiger partial charge in [-0.2, -0.15) is 0 Å². The van der Waals surface area contributed by atoms with Crippen LogP contribution in [-0.2, 0) is 22.7 Å². The van der Waals surface area contributed by atoms with Crippen LogP contribution in [0.25, 0.3) is 0 Å². The highest BCUT2D eigenvalue weighted by atomic mass is 32.2. The zero-order chi connectivity index (χ0) is 27.1. The van der Waals surface area contributed by atoms with Crippen LogP contribution in [0.5, 0.6) is 5.75 Å². The third-order valence-electron chi connectivity index (χ3n) is 5.22. The van der Waals surface area contributed by atoms with Crippen molar-refractivity contribution in [3.63, 3.8) is 0 Å². The average Bonchev–Trinajstić information content (AvgIpc) is 3.41. The van der Waals surface area contributed by atoms with Crippen molar-refractivity contribution in [3.8, 4) is 5.75 Å². The fraction of sp³-hybridized carbons (Fsp3) is 0.320. The van der Waals surface area contributed by atoms with Crippen molar-refractivity contribution in [1.29, 1.82) is 0 Å². The smallest absolute Gasteiger partial charge is 0.341 e. The van der Waals surface area contributed by atoms with Gasteiger partial charge in [-0.1, -0.05) is 35.5 Å². The summed E-state index contributed by atoms with van der Waals surface area (Å²) in [5, 5.41) is 12.0. The number of rotatable bonds is 11. The Morgan fingerprint density at radius 2 is 1.89 bits per heavy atom. The number of carbonyl (C=O) groups excluding carboxylic acids is 3. The second-order valence-electron chi connectivity index (χ2n) is 8.19. The molecule has 0 saturated carbocycles. The topological polar surface area (TPSA) is 116 Å². The molecule has 0 fully saturated rings. The van der Waals surface area contributed by atoms with Crippen molar-refractivity contribution in [2.75, 3.05) is 32.3 Å². The van der Waals surface area contributed by atoms with Gasteiger partial charge >= 0.3 is 5.97 Å². The number of anilines is 1. The predicted molar refractivity (Wildman–Crippen MR) is 143 cm³/mol. The lowest BCUT2D eigenvalue weighted by Crippen LogP contribution is -2.21. The molecule has 2 amide bonds. The first-order chi connectivity index (χ1) is 17.7. The van der Waals surface area contributed by atoms with Crippen LogP contribution in [-0.4, -0.2) is 64.4 Å². The van der Waals surface area contributed by atoms with E-state index < -0.39 is 5.97 Å². The zero-order valence-corrected chi connectivity index (χ0v) is 23.0. The fourth-order valence-corrected chi connectivity index (χ4v) is 5.28. The van der Waals surface area contributed by atoms with E-state index in [0.29, 0.717) is 33.7 Å². The summed E-state index contributed by atoms with van der Waals surface area (Å²) in [6.07, 6.45) is 1.71. The molecule has 0 unspecified atom stereocenters. The molecule has 2 aromatic heterocycles. The van der Waals surface area contributed by atoms with Crippen LogP contribution >= 0.6 is 23.1 Å². The number of nitrogens with zero attached hydrogens (tertiary/aromatic N) is 4. The molecule has 0 bridgehead atoms. The van der Waals surface area contributed by atoms with Crippen molar-refractivity contribution in [3.05, 3.63) is 64.3 Å². The second-order valence-corrected chi connectivity index (χ2v) is 10.2. The first-order valence-corrected chi connectivity index (χ1v) is 13.0. The number of thiophene rings is 1. The summed E-state index contributed by atoms with van der Waals surface area (Å²) in [5.41, 5.74) is 1.76. The van der Waals surface area contributed by atoms with Gasteiger partial charge in [-0.3, -0.25) is 14.2 Å². The molecular formula is C25H29N5O5S2. The van der Waals surface area contributed by atoms with Crippen LogP contribution in [0.15, 0.2) is 42.1 Å². The minimum Gasteiger partial charge on any atom is -0.486 e. The third kappa shape index (κ3) is 6.77. The number of benzene rings is 1.